The molecule has 150 valence electrons. The summed E-state index contributed by atoms with van der Waals surface area (Å²) in [7, 11) is -3.56. The van der Waals surface area contributed by atoms with Crippen molar-refractivity contribution < 1.29 is 18.3 Å². The van der Waals surface area contributed by atoms with E-state index in [0.29, 0.717) is 25.9 Å². The number of aromatic hydroxyl groups is 1. The summed E-state index contributed by atoms with van der Waals surface area (Å²) < 4.78 is 27.6. The van der Waals surface area contributed by atoms with E-state index in [1.165, 1.54) is 0 Å². The number of nitrogens with one attached hydrogen (secondary N) is 1. The van der Waals surface area contributed by atoms with Crippen LogP contribution in [0.15, 0.2) is 53.4 Å². The van der Waals surface area contributed by atoms with Crippen LogP contribution in [0.5, 0.6) is 5.75 Å². The van der Waals surface area contributed by atoms with Crippen molar-refractivity contribution in [3.8, 4) is 5.75 Å². The molecule has 7 heteroatoms. The largest absolute Gasteiger partial charge is 0.507 e. The van der Waals surface area contributed by atoms with Crippen molar-refractivity contribution in [2.24, 2.45) is 0 Å². The Balaban J connectivity index is 1.62. The van der Waals surface area contributed by atoms with E-state index in [4.69, 9.17) is 0 Å². The number of amides is 1. The molecule has 1 saturated heterocycles. The molecule has 1 fully saturated rings. The average molecular weight is 403 g/mol. The summed E-state index contributed by atoms with van der Waals surface area (Å²) in [6.07, 6.45) is 1.06. The Labute approximate surface area is 166 Å². The molecule has 0 unspecified atom stereocenters. The highest BCUT2D eigenvalue weighted by Crippen LogP contribution is 2.26. The zero-order valence-corrected chi connectivity index (χ0v) is 16.9. The van der Waals surface area contributed by atoms with Gasteiger partial charge in [-0.2, -0.15) is 0 Å². The van der Waals surface area contributed by atoms with Gasteiger partial charge in [0, 0.05) is 19.1 Å². The fourth-order valence-electron chi connectivity index (χ4n) is 3.35. The van der Waals surface area contributed by atoms with Crippen molar-refractivity contribution in [2.75, 3.05) is 13.1 Å². The lowest BCUT2D eigenvalue weighted by Crippen LogP contribution is -2.46. The monoisotopic (exact) mass is 402 g/mol. The lowest BCUT2D eigenvalue weighted by Gasteiger charge is -2.32. The molecule has 0 saturated carbocycles. The van der Waals surface area contributed by atoms with Crippen LogP contribution in [0.25, 0.3) is 0 Å². The van der Waals surface area contributed by atoms with E-state index < -0.39 is 10.0 Å². The fourth-order valence-corrected chi connectivity index (χ4v) is 4.67. The number of rotatable bonds is 5. The number of phenolic OH excluding ortho intramolecular Hbond substituents is 1. The molecule has 0 radical (unpaired) electrons. The van der Waals surface area contributed by atoms with Crippen LogP contribution in [0.4, 0.5) is 0 Å². The molecular weight excluding hydrogens is 376 g/mol. The van der Waals surface area contributed by atoms with Gasteiger partial charge in [-0.05, 0) is 48.6 Å². The number of sulfonamides is 1. The predicted octanol–water partition coefficient (Wildman–Crippen LogP) is 3.10. The number of phenols is 1. The van der Waals surface area contributed by atoms with Crippen molar-refractivity contribution >= 4 is 15.9 Å². The van der Waals surface area contributed by atoms with Crippen molar-refractivity contribution in [1.82, 2.24) is 9.62 Å². The maximum Gasteiger partial charge on any atom is 0.257 e. The number of hydrogen-bond donors (Lipinski definition) is 2. The number of likely N-dealkylation sites (tertiary alicyclic amines) is 1. The molecule has 2 aromatic rings. The van der Waals surface area contributed by atoms with Gasteiger partial charge in [-0.15, -0.1) is 0 Å². The topological polar surface area (TPSA) is 86.7 Å². The molecule has 28 heavy (non-hydrogen) atoms. The standard InChI is InChI=1S/C21H26N2O4S/c1-15(2)16-8-9-19(20(24)14-16)21(25)23-12-10-17(11-13-23)22-28(26,27)18-6-4-3-5-7-18/h3-9,14-15,17,22,24H,10-13H2,1-2H3. The van der Waals surface area contributed by atoms with Gasteiger partial charge < -0.3 is 10.0 Å². The third-order valence-corrected chi connectivity index (χ3v) is 6.61. The molecular formula is C21H26N2O4S. The van der Waals surface area contributed by atoms with E-state index in [1.807, 2.05) is 19.9 Å². The van der Waals surface area contributed by atoms with Crippen LogP contribution in [0, 0.1) is 0 Å². The van der Waals surface area contributed by atoms with Gasteiger partial charge in [-0.25, -0.2) is 13.1 Å². The summed E-state index contributed by atoms with van der Waals surface area (Å²) in [5.41, 5.74) is 1.26. The van der Waals surface area contributed by atoms with Crippen LogP contribution in [-0.2, 0) is 10.0 Å². The average Bonchev–Trinajstić information content (AvgIpc) is 2.68. The summed E-state index contributed by atoms with van der Waals surface area (Å²) in [4.78, 5) is 14.6. The summed E-state index contributed by atoms with van der Waals surface area (Å²) in [5.74, 6) is 0.0312. The minimum atomic E-state index is -3.56. The normalized spacial score (nSPS) is 15.8. The second-order valence-corrected chi connectivity index (χ2v) is 9.15. The summed E-state index contributed by atoms with van der Waals surface area (Å²) in [6, 6.07) is 13.2. The Morgan fingerprint density at radius 1 is 1.11 bits per heavy atom. The molecule has 0 spiro atoms. The van der Waals surface area contributed by atoms with E-state index in [-0.39, 0.29) is 34.1 Å². The molecule has 1 aliphatic rings. The van der Waals surface area contributed by atoms with E-state index in [9.17, 15) is 18.3 Å². The number of carbonyl (C=O) groups is 1. The molecule has 6 nitrogen and oxygen atoms in total. The first kappa shape index (κ1) is 20.4. The van der Waals surface area contributed by atoms with Crippen molar-refractivity contribution in [3.05, 3.63) is 59.7 Å². The highest BCUT2D eigenvalue weighted by molar-refractivity contribution is 7.89. The Morgan fingerprint density at radius 3 is 2.32 bits per heavy atom. The molecule has 2 N–H and O–H groups in total. The number of carbonyl (C=O) groups excluding carboxylic acids is 1. The van der Waals surface area contributed by atoms with Crippen LogP contribution in [-0.4, -0.2) is 43.5 Å². The lowest BCUT2D eigenvalue weighted by molar-refractivity contribution is 0.0708. The Bertz CT molecular complexity index is 934. The number of benzene rings is 2. The second kappa shape index (κ2) is 8.32. The van der Waals surface area contributed by atoms with Gasteiger partial charge in [0.25, 0.3) is 5.91 Å². The van der Waals surface area contributed by atoms with Gasteiger partial charge in [0.1, 0.15) is 5.75 Å². The fraction of sp³-hybridized carbons (Fsp3) is 0.381. The maximum absolute atomic E-state index is 12.7. The van der Waals surface area contributed by atoms with Gasteiger partial charge in [-0.3, -0.25) is 4.79 Å². The van der Waals surface area contributed by atoms with Gasteiger partial charge in [0.05, 0.1) is 10.5 Å². The molecule has 0 aliphatic carbocycles. The first-order chi connectivity index (χ1) is 13.3. The Morgan fingerprint density at radius 2 is 1.75 bits per heavy atom. The molecule has 3 rings (SSSR count). The van der Waals surface area contributed by atoms with E-state index in [2.05, 4.69) is 4.72 Å². The van der Waals surface area contributed by atoms with E-state index in [1.54, 1.807) is 47.4 Å². The minimum Gasteiger partial charge on any atom is -0.507 e. The van der Waals surface area contributed by atoms with Crippen molar-refractivity contribution in [1.29, 1.82) is 0 Å². The molecule has 0 aromatic heterocycles. The van der Waals surface area contributed by atoms with Crippen molar-refractivity contribution in [3.63, 3.8) is 0 Å². The van der Waals surface area contributed by atoms with Gasteiger partial charge in [-0.1, -0.05) is 38.1 Å². The van der Waals surface area contributed by atoms with Gasteiger partial charge >= 0.3 is 0 Å². The third-order valence-electron chi connectivity index (χ3n) is 5.08. The predicted molar refractivity (Wildman–Crippen MR) is 108 cm³/mol. The molecule has 0 atom stereocenters. The van der Waals surface area contributed by atoms with Crippen LogP contribution in [0.2, 0.25) is 0 Å². The van der Waals surface area contributed by atoms with E-state index >= 15 is 0 Å². The van der Waals surface area contributed by atoms with Gasteiger partial charge in [0.15, 0.2) is 0 Å². The van der Waals surface area contributed by atoms with Crippen LogP contribution in [0.3, 0.4) is 0 Å². The lowest BCUT2D eigenvalue weighted by atomic mass is 9.99. The quantitative estimate of drug-likeness (QED) is 0.805. The SMILES string of the molecule is CC(C)c1ccc(C(=O)N2CCC(NS(=O)(=O)c3ccccc3)CC2)c(O)c1. The summed E-state index contributed by atoms with van der Waals surface area (Å²) in [6.45, 7) is 4.92. The maximum atomic E-state index is 12.7. The first-order valence-electron chi connectivity index (χ1n) is 9.47. The number of piperidine rings is 1. The molecule has 1 heterocycles. The zero-order chi connectivity index (χ0) is 20.3. The van der Waals surface area contributed by atoms with Crippen LogP contribution in [0.1, 0.15) is 48.5 Å². The molecule has 1 aliphatic heterocycles. The highest BCUT2D eigenvalue weighted by Gasteiger charge is 2.28. The smallest absolute Gasteiger partial charge is 0.257 e. The van der Waals surface area contributed by atoms with Crippen LogP contribution >= 0.6 is 0 Å². The summed E-state index contributed by atoms with van der Waals surface area (Å²) in [5, 5.41) is 10.2. The Kier molecular flexibility index (Phi) is 6.05. The van der Waals surface area contributed by atoms with Gasteiger partial charge in [0.2, 0.25) is 10.0 Å². The first-order valence-corrected chi connectivity index (χ1v) is 11.0. The Hall–Kier alpha value is -2.38. The second-order valence-electron chi connectivity index (χ2n) is 7.43. The molecule has 1 amide bonds. The molecule has 0 bridgehead atoms. The number of hydrogen-bond acceptors (Lipinski definition) is 4. The zero-order valence-electron chi connectivity index (χ0n) is 16.1. The minimum absolute atomic E-state index is 0.0110. The number of nitrogens with zero attached hydrogens (tertiary/aromatic N) is 1. The van der Waals surface area contributed by atoms with Crippen LogP contribution < -0.4 is 4.72 Å². The molecule has 2 aromatic carbocycles. The summed E-state index contributed by atoms with van der Waals surface area (Å²) >= 11 is 0. The van der Waals surface area contributed by atoms with Crippen molar-refractivity contribution in [2.45, 2.75) is 43.5 Å². The highest BCUT2D eigenvalue weighted by atomic mass is 32.2. The third kappa shape index (κ3) is 4.54. The van der Waals surface area contributed by atoms with E-state index in [0.717, 1.165) is 5.56 Å².